The zero-order valence-corrected chi connectivity index (χ0v) is 13.9. The Labute approximate surface area is 129 Å². The maximum atomic E-state index is 12.1. The molecule has 0 aromatic heterocycles. The lowest BCUT2D eigenvalue weighted by Gasteiger charge is -2.25. The molecule has 2 atom stereocenters. The van der Waals surface area contributed by atoms with Gasteiger partial charge in [-0.25, -0.2) is 0 Å². The molecule has 1 saturated heterocycles. The highest BCUT2D eigenvalue weighted by molar-refractivity contribution is 5.78. The number of nitrogens with one attached hydrogen (secondary N) is 2. The summed E-state index contributed by atoms with van der Waals surface area (Å²) in [4.78, 5) is 14.2. The van der Waals surface area contributed by atoms with Crippen LogP contribution in [0.3, 0.4) is 0 Å². The number of carbonyl (C=O) groups excluding carboxylic acids is 1. The summed E-state index contributed by atoms with van der Waals surface area (Å²) in [5, 5.41) is 15.7. The predicted octanol–water partition coefficient (Wildman–Crippen LogP) is 0.974. The van der Waals surface area contributed by atoms with Gasteiger partial charge in [0.15, 0.2) is 0 Å². The highest BCUT2D eigenvalue weighted by Gasteiger charge is 2.19. The summed E-state index contributed by atoms with van der Waals surface area (Å²) in [6.07, 6.45) is 4.52. The molecule has 0 bridgehead atoms. The fourth-order valence-corrected chi connectivity index (χ4v) is 2.78. The van der Waals surface area contributed by atoms with E-state index in [0.717, 1.165) is 32.4 Å². The Morgan fingerprint density at radius 3 is 2.71 bits per heavy atom. The van der Waals surface area contributed by atoms with Crippen LogP contribution in [0, 0.1) is 5.92 Å². The van der Waals surface area contributed by atoms with Crippen molar-refractivity contribution in [3.8, 4) is 0 Å². The van der Waals surface area contributed by atoms with Gasteiger partial charge in [0.1, 0.15) is 0 Å². The van der Waals surface area contributed by atoms with Crippen molar-refractivity contribution in [3.05, 3.63) is 0 Å². The zero-order chi connectivity index (χ0) is 15.7. The molecule has 124 valence electrons. The molecule has 0 spiro atoms. The van der Waals surface area contributed by atoms with Gasteiger partial charge >= 0.3 is 0 Å². The van der Waals surface area contributed by atoms with Gasteiger partial charge in [0, 0.05) is 25.2 Å². The third-order valence-electron chi connectivity index (χ3n) is 4.01. The summed E-state index contributed by atoms with van der Waals surface area (Å²) in [5.41, 5.74) is 0. The van der Waals surface area contributed by atoms with Crippen molar-refractivity contribution in [1.29, 1.82) is 0 Å². The lowest BCUT2D eigenvalue weighted by molar-refractivity contribution is -0.123. The molecular weight excluding hydrogens is 266 g/mol. The van der Waals surface area contributed by atoms with Crippen molar-refractivity contribution in [3.63, 3.8) is 0 Å². The first-order chi connectivity index (χ1) is 10.0. The molecule has 0 aromatic carbocycles. The van der Waals surface area contributed by atoms with Gasteiger partial charge in [-0.05, 0) is 45.1 Å². The van der Waals surface area contributed by atoms with Crippen LogP contribution >= 0.6 is 0 Å². The van der Waals surface area contributed by atoms with Gasteiger partial charge in [0.05, 0.1) is 13.2 Å². The Balaban J connectivity index is 2.29. The van der Waals surface area contributed by atoms with Crippen molar-refractivity contribution in [2.75, 3.05) is 32.8 Å². The van der Waals surface area contributed by atoms with Crippen molar-refractivity contribution >= 4 is 5.91 Å². The summed E-state index contributed by atoms with van der Waals surface area (Å²) in [6.45, 7) is 9.41. The van der Waals surface area contributed by atoms with Crippen LogP contribution in [-0.4, -0.2) is 60.8 Å². The smallest absolute Gasteiger partial charge is 0.234 e. The second-order valence-corrected chi connectivity index (χ2v) is 6.69. The fourth-order valence-electron chi connectivity index (χ4n) is 2.78. The topological polar surface area (TPSA) is 64.6 Å². The van der Waals surface area contributed by atoms with Crippen LogP contribution in [0.5, 0.6) is 0 Å². The molecule has 1 aliphatic rings. The van der Waals surface area contributed by atoms with E-state index in [9.17, 15) is 4.79 Å². The SMILES string of the molecule is CC(C)CCC(C)NC(=O)CN(CCO)CC1CCCN1. The highest BCUT2D eigenvalue weighted by atomic mass is 16.3. The Morgan fingerprint density at radius 1 is 1.38 bits per heavy atom. The molecule has 1 aliphatic heterocycles. The summed E-state index contributed by atoms with van der Waals surface area (Å²) >= 11 is 0. The van der Waals surface area contributed by atoms with Crippen LogP contribution in [0.25, 0.3) is 0 Å². The molecule has 0 aromatic rings. The van der Waals surface area contributed by atoms with E-state index in [1.54, 1.807) is 0 Å². The minimum Gasteiger partial charge on any atom is -0.395 e. The first-order valence-electron chi connectivity index (χ1n) is 8.37. The van der Waals surface area contributed by atoms with E-state index in [2.05, 4.69) is 31.4 Å². The van der Waals surface area contributed by atoms with Gasteiger partial charge < -0.3 is 15.7 Å². The van der Waals surface area contributed by atoms with Crippen LogP contribution in [0.4, 0.5) is 0 Å². The molecule has 5 nitrogen and oxygen atoms in total. The minimum atomic E-state index is 0.0673. The van der Waals surface area contributed by atoms with Gasteiger partial charge in [-0.15, -0.1) is 0 Å². The summed E-state index contributed by atoms with van der Waals surface area (Å²) in [7, 11) is 0. The Hall–Kier alpha value is -0.650. The van der Waals surface area contributed by atoms with Crippen LogP contribution in [-0.2, 0) is 4.79 Å². The second kappa shape index (κ2) is 10.1. The van der Waals surface area contributed by atoms with E-state index in [0.29, 0.717) is 25.0 Å². The van der Waals surface area contributed by atoms with Gasteiger partial charge in [-0.3, -0.25) is 9.69 Å². The number of amides is 1. The van der Waals surface area contributed by atoms with Crippen molar-refractivity contribution in [2.45, 2.75) is 58.5 Å². The molecule has 0 aliphatic carbocycles. The third kappa shape index (κ3) is 8.39. The predicted molar refractivity (Wildman–Crippen MR) is 86.2 cm³/mol. The molecule has 1 fully saturated rings. The number of hydrogen-bond donors (Lipinski definition) is 3. The van der Waals surface area contributed by atoms with Crippen molar-refractivity contribution in [2.24, 2.45) is 5.92 Å². The van der Waals surface area contributed by atoms with Crippen LogP contribution in [0.1, 0.15) is 46.5 Å². The molecule has 21 heavy (non-hydrogen) atoms. The lowest BCUT2D eigenvalue weighted by atomic mass is 10.0. The van der Waals surface area contributed by atoms with Crippen LogP contribution < -0.4 is 10.6 Å². The summed E-state index contributed by atoms with van der Waals surface area (Å²) < 4.78 is 0. The quantitative estimate of drug-likeness (QED) is 0.562. The van der Waals surface area contributed by atoms with E-state index < -0.39 is 0 Å². The Bertz CT molecular complexity index is 291. The number of nitrogens with zero attached hydrogens (tertiary/aromatic N) is 1. The molecule has 0 saturated carbocycles. The lowest BCUT2D eigenvalue weighted by Crippen LogP contribution is -2.46. The normalized spacial score (nSPS) is 20.2. The summed E-state index contributed by atoms with van der Waals surface area (Å²) in [5.74, 6) is 0.737. The Morgan fingerprint density at radius 2 is 2.14 bits per heavy atom. The van der Waals surface area contributed by atoms with E-state index >= 15 is 0 Å². The molecule has 0 radical (unpaired) electrons. The van der Waals surface area contributed by atoms with Crippen LogP contribution in [0.2, 0.25) is 0 Å². The number of hydrogen-bond acceptors (Lipinski definition) is 4. The van der Waals surface area contributed by atoms with Gasteiger partial charge in [-0.1, -0.05) is 13.8 Å². The molecule has 3 N–H and O–H groups in total. The first kappa shape index (κ1) is 18.4. The molecule has 1 rings (SSSR count). The maximum Gasteiger partial charge on any atom is 0.234 e. The van der Waals surface area contributed by atoms with E-state index in [-0.39, 0.29) is 18.6 Å². The van der Waals surface area contributed by atoms with Crippen molar-refractivity contribution < 1.29 is 9.90 Å². The number of carbonyl (C=O) groups is 1. The maximum absolute atomic E-state index is 12.1. The van der Waals surface area contributed by atoms with E-state index in [1.807, 2.05) is 4.90 Å². The van der Waals surface area contributed by atoms with Crippen LogP contribution in [0.15, 0.2) is 0 Å². The van der Waals surface area contributed by atoms with Crippen molar-refractivity contribution in [1.82, 2.24) is 15.5 Å². The minimum absolute atomic E-state index is 0.0673. The highest BCUT2D eigenvalue weighted by Crippen LogP contribution is 2.08. The Kier molecular flexibility index (Phi) is 8.88. The first-order valence-corrected chi connectivity index (χ1v) is 8.37. The van der Waals surface area contributed by atoms with E-state index in [4.69, 9.17) is 5.11 Å². The molecular formula is C16H33N3O2. The van der Waals surface area contributed by atoms with Gasteiger partial charge in [0.2, 0.25) is 5.91 Å². The molecule has 1 amide bonds. The van der Waals surface area contributed by atoms with Gasteiger partial charge in [0.25, 0.3) is 0 Å². The standard InChI is InChI=1S/C16H33N3O2/c1-13(2)6-7-14(3)18-16(21)12-19(9-10-20)11-15-5-4-8-17-15/h13-15,17,20H,4-12H2,1-3H3,(H,18,21). The van der Waals surface area contributed by atoms with Gasteiger partial charge in [-0.2, -0.15) is 0 Å². The fraction of sp³-hybridized carbons (Fsp3) is 0.938. The molecule has 5 heteroatoms. The molecule has 2 unspecified atom stereocenters. The summed E-state index contributed by atoms with van der Waals surface area (Å²) in [6, 6.07) is 0.684. The average Bonchev–Trinajstić information content (AvgIpc) is 2.89. The number of aliphatic hydroxyl groups is 1. The monoisotopic (exact) mass is 299 g/mol. The number of aliphatic hydroxyl groups excluding tert-OH is 1. The average molecular weight is 299 g/mol. The largest absolute Gasteiger partial charge is 0.395 e. The second-order valence-electron chi connectivity index (χ2n) is 6.69. The zero-order valence-electron chi connectivity index (χ0n) is 13.9. The third-order valence-corrected chi connectivity index (χ3v) is 4.01. The number of rotatable bonds is 10. The van der Waals surface area contributed by atoms with E-state index in [1.165, 1.54) is 6.42 Å². The molecule has 1 heterocycles.